The van der Waals surface area contributed by atoms with Crippen molar-refractivity contribution in [3.8, 4) is 0 Å². The van der Waals surface area contributed by atoms with E-state index in [4.69, 9.17) is 4.74 Å². The summed E-state index contributed by atoms with van der Waals surface area (Å²) < 4.78 is 44.0. The number of benzene rings is 2. The van der Waals surface area contributed by atoms with Gasteiger partial charge < -0.3 is 4.74 Å². The molecule has 4 rings (SSSR count). The van der Waals surface area contributed by atoms with Gasteiger partial charge in [0.1, 0.15) is 11.6 Å². The molecular weight excluding hydrogens is 401 g/mol. The van der Waals surface area contributed by atoms with Crippen LogP contribution in [0.25, 0.3) is 0 Å². The molecule has 0 aliphatic carbocycles. The topological polar surface area (TPSA) is 76.0 Å². The number of anilines is 1. The number of imide groups is 1. The molecule has 0 unspecified atom stereocenters. The summed E-state index contributed by atoms with van der Waals surface area (Å²) in [6.07, 6.45) is -4.85. The monoisotopic (exact) mass is 416 g/mol. The summed E-state index contributed by atoms with van der Waals surface area (Å²) in [5.74, 6) is -3.16. The molecule has 2 aliphatic rings. The van der Waals surface area contributed by atoms with Gasteiger partial charge in [0.25, 0.3) is 0 Å². The van der Waals surface area contributed by atoms with Crippen LogP contribution in [0.5, 0.6) is 0 Å². The Bertz CT molecular complexity index is 1060. The number of hydrogen-bond donors (Lipinski definition) is 0. The van der Waals surface area contributed by atoms with Crippen molar-refractivity contribution in [1.82, 2.24) is 0 Å². The Balaban J connectivity index is 1.73. The third-order valence-corrected chi connectivity index (χ3v) is 5.14. The first-order valence-electron chi connectivity index (χ1n) is 9.03. The van der Waals surface area contributed by atoms with E-state index in [1.165, 1.54) is 6.92 Å². The van der Waals surface area contributed by atoms with Gasteiger partial charge in [-0.25, -0.2) is 9.79 Å². The van der Waals surface area contributed by atoms with Crippen LogP contribution in [0.4, 0.5) is 18.9 Å². The molecule has 30 heavy (non-hydrogen) atoms. The van der Waals surface area contributed by atoms with E-state index in [9.17, 15) is 27.6 Å². The second kappa shape index (κ2) is 6.79. The number of rotatable bonds is 3. The molecule has 9 heteroatoms. The van der Waals surface area contributed by atoms with E-state index in [0.29, 0.717) is 5.56 Å². The second-order valence-electron chi connectivity index (χ2n) is 7.02. The van der Waals surface area contributed by atoms with Gasteiger partial charge in [-0.15, -0.1) is 0 Å². The summed E-state index contributed by atoms with van der Waals surface area (Å²) >= 11 is 0. The van der Waals surface area contributed by atoms with E-state index >= 15 is 0 Å². The average molecular weight is 416 g/mol. The SMILES string of the molecule is CC1=N[C@](c2ccccc2)([C@H]2CC(=O)N(c3ccc(C(F)(F)F)cc3)C2=O)OC1=O. The molecule has 0 radical (unpaired) electrons. The van der Waals surface area contributed by atoms with Gasteiger partial charge in [-0.2, -0.15) is 13.2 Å². The molecule has 2 aromatic carbocycles. The highest BCUT2D eigenvalue weighted by Crippen LogP contribution is 2.45. The van der Waals surface area contributed by atoms with Gasteiger partial charge >= 0.3 is 12.1 Å². The first-order valence-corrected chi connectivity index (χ1v) is 9.03. The summed E-state index contributed by atoms with van der Waals surface area (Å²) in [7, 11) is 0. The van der Waals surface area contributed by atoms with E-state index in [0.717, 1.165) is 29.2 Å². The lowest BCUT2D eigenvalue weighted by Gasteiger charge is -2.30. The third kappa shape index (κ3) is 3.06. The Morgan fingerprint density at radius 2 is 1.67 bits per heavy atom. The number of ether oxygens (including phenoxy) is 1. The number of halogens is 3. The van der Waals surface area contributed by atoms with E-state index in [1.54, 1.807) is 30.3 Å². The second-order valence-corrected chi connectivity index (χ2v) is 7.02. The van der Waals surface area contributed by atoms with E-state index in [-0.39, 0.29) is 17.8 Å². The maximum absolute atomic E-state index is 13.2. The van der Waals surface area contributed by atoms with Crippen LogP contribution in [-0.4, -0.2) is 23.5 Å². The van der Waals surface area contributed by atoms with Crippen molar-refractivity contribution in [2.75, 3.05) is 4.90 Å². The fourth-order valence-electron chi connectivity index (χ4n) is 3.69. The highest BCUT2D eigenvalue weighted by Gasteiger charge is 2.58. The molecular formula is C21H15F3N2O4. The number of hydrogen-bond acceptors (Lipinski definition) is 5. The first-order chi connectivity index (χ1) is 14.1. The van der Waals surface area contributed by atoms with Crippen LogP contribution in [0.2, 0.25) is 0 Å². The molecule has 2 amide bonds. The van der Waals surface area contributed by atoms with Crippen molar-refractivity contribution in [3.63, 3.8) is 0 Å². The molecule has 0 aromatic heterocycles. The third-order valence-electron chi connectivity index (χ3n) is 5.14. The van der Waals surface area contributed by atoms with Gasteiger partial charge in [-0.05, 0) is 31.2 Å². The molecule has 2 aliphatic heterocycles. The lowest BCUT2D eigenvalue weighted by molar-refractivity contribution is -0.156. The van der Waals surface area contributed by atoms with Crippen LogP contribution in [0, 0.1) is 5.92 Å². The Kier molecular flexibility index (Phi) is 4.48. The van der Waals surface area contributed by atoms with Gasteiger partial charge in [0.2, 0.25) is 17.5 Å². The smallest absolute Gasteiger partial charge is 0.416 e. The first kappa shape index (κ1) is 19.8. The van der Waals surface area contributed by atoms with E-state index in [1.807, 2.05) is 0 Å². The Hall–Kier alpha value is -3.49. The fraction of sp³-hybridized carbons (Fsp3) is 0.238. The van der Waals surface area contributed by atoms with Crippen molar-refractivity contribution in [2.45, 2.75) is 25.2 Å². The standard InChI is InChI=1S/C21H15F3N2O4/c1-12-19(29)30-20(25-12,13-5-3-2-4-6-13)16-11-17(27)26(18(16)28)15-9-7-14(8-10-15)21(22,23)24/h2-10,16H,11H2,1H3/t16-,20-/m0/s1. The number of amides is 2. The summed E-state index contributed by atoms with van der Waals surface area (Å²) in [4.78, 5) is 43.1. The van der Waals surface area contributed by atoms with Crippen molar-refractivity contribution in [1.29, 1.82) is 0 Å². The largest absolute Gasteiger partial charge is 0.427 e. The Labute approximate surface area is 169 Å². The number of carbonyl (C=O) groups is 3. The molecule has 2 atom stereocenters. The van der Waals surface area contributed by atoms with Crippen molar-refractivity contribution in [2.24, 2.45) is 10.9 Å². The fourth-order valence-corrected chi connectivity index (χ4v) is 3.69. The number of esters is 1. The van der Waals surface area contributed by atoms with Gasteiger partial charge in [-0.1, -0.05) is 30.3 Å². The van der Waals surface area contributed by atoms with Crippen molar-refractivity contribution in [3.05, 3.63) is 65.7 Å². The quantitative estimate of drug-likeness (QED) is 0.567. The molecule has 2 aromatic rings. The summed E-state index contributed by atoms with van der Waals surface area (Å²) in [5, 5.41) is 0. The van der Waals surface area contributed by atoms with Crippen LogP contribution in [0.15, 0.2) is 59.6 Å². The minimum Gasteiger partial charge on any atom is -0.427 e. The highest BCUT2D eigenvalue weighted by atomic mass is 19.4. The number of carbonyl (C=O) groups excluding carboxylic acids is 3. The van der Waals surface area contributed by atoms with Crippen LogP contribution in [-0.2, 0) is 31.0 Å². The average Bonchev–Trinajstić information content (AvgIpc) is 3.18. The zero-order chi connectivity index (χ0) is 21.7. The van der Waals surface area contributed by atoms with Gasteiger partial charge in [0.05, 0.1) is 11.3 Å². The number of alkyl halides is 3. The van der Waals surface area contributed by atoms with Crippen LogP contribution in [0.3, 0.4) is 0 Å². The minimum absolute atomic E-state index is 0.00809. The van der Waals surface area contributed by atoms with E-state index in [2.05, 4.69) is 4.99 Å². The highest BCUT2D eigenvalue weighted by molar-refractivity contribution is 6.37. The summed E-state index contributed by atoms with van der Waals surface area (Å²) in [5.41, 5.74) is -2.10. The summed E-state index contributed by atoms with van der Waals surface area (Å²) in [6.45, 7) is 1.45. The number of nitrogens with zero attached hydrogens (tertiary/aromatic N) is 2. The van der Waals surface area contributed by atoms with E-state index < -0.39 is 41.2 Å². The maximum Gasteiger partial charge on any atom is 0.416 e. The normalized spacial score (nSPS) is 24.3. The number of cyclic esters (lactones) is 1. The molecule has 0 bridgehead atoms. The minimum atomic E-state index is -4.54. The molecule has 6 nitrogen and oxygen atoms in total. The molecule has 0 saturated carbocycles. The number of aliphatic imine (C=N–C) groups is 1. The zero-order valence-corrected chi connectivity index (χ0v) is 15.6. The maximum atomic E-state index is 13.2. The lowest BCUT2D eigenvalue weighted by atomic mass is 9.87. The Morgan fingerprint density at radius 3 is 2.20 bits per heavy atom. The lowest BCUT2D eigenvalue weighted by Crippen LogP contribution is -2.40. The van der Waals surface area contributed by atoms with Gasteiger partial charge in [0.15, 0.2) is 0 Å². The molecule has 0 N–H and O–H groups in total. The van der Waals surface area contributed by atoms with Crippen molar-refractivity contribution < 1.29 is 32.3 Å². The van der Waals surface area contributed by atoms with Crippen LogP contribution < -0.4 is 4.90 Å². The zero-order valence-electron chi connectivity index (χ0n) is 15.6. The summed E-state index contributed by atoms with van der Waals surface area (Å²) in [6, 6.07) is 12.1. The van der Waals surface area contributed by atoms with Crippen LogP contribution >= 0.6 is 0 Å². The molecule has 2 heterocycles. The molecule has 1 fully saturated rings. The van der Waals surface area contributed by atoms with Crippen LogP contribution in [0.1, 0.15) is 24.5 Å². The van der Waals surface area contributed by atoms with Gasteiger partial charge in [0, 0.05) is 12.0 Å². The predicted molar refractivity (Wildman–Crippen MR) is 99.4 cm³/mol. The predicted octanol–water partition coefficient (Wildman–Crippen LogP) is 3.46. The van der Waals surface area contributed by atoms with Crippen molar-refractivity contribution >= 4 is 29.2 Å². The molecule has 1 saturated heterocycles. The van der Waals surface area contributed by atoms with Gasteiger partial charge in [-0.3, -0.25) is 14.5 Å². The molecule has 0 spiro atoms. The Morgan fingerprint density at radius 1 is 1.03 bits per heavy atom. The molecule has 154 valence electrons.